The molecule has 0 unspecified atom stereocenters. The van der Waals surface area contributed by atoms with E-state index in [1.165, 1.54) is 0 Å². The van der Waals surface area contributed by atoms with Gasteiger partial charge < -0.3 is 9.14 Å². The molecule has 2 aromatic rings. The van der Waals surface area contributed by atoms with Crippen molar-refractivity contribution in [1.82, 2.24) is 9.38 Å². The lowest BCUT2D eigenvalue weighted by Gasteiger charge is -1.97. The van der Waals surface area contributed by atoms with E-state index in [4.69, 9.17) is 16.3 Å². The van der Waals surface area contributed by atoms with Crippen LogP contribution in [0, 0.1) is 6.92 Å². The largest absolute Gasteiger partial charge is 0.466 e. The van der Waals surface area contributed by atoms with Gasteiger partial charge in [-0.05, 0) is 25.5 Å². The minimum absolute atomic E-state index is 0.187. The zero-order chi connectivity index (χ0) is 16.4. The number of hydrogen-bond acceptors (Lipinski definition) is 3. The third-order valence-corrected chi connectivity index (χ3v) is 2.59. The van der Waals surface area contributed by atoms with Crippen molar-refractivity contribution in [2.75, 3.05) is 6.61 Å². The van der Waals surface area contributed by atoms with Gasteiger partial charge in [0.15, 0.2) is 0 Å². The Kier molecular flexibility index (Phi) is 9.46. The maximum absolute atomic E-state index is 11.3. The second kappa shape index (κ2) is 10.2. The molecule has 21 heavy (non-hydrogen) atoms. The number of carbonyl (C=O) groups is 1. The average molecular weight is 313 g/mol. The first-order valence-corrected chi connectivity index (χ1v) is 7.77. The smallest absolute Gasteiger partial charge is 0.311 e. The third-order valence-electron chi connectivity index (χ3n) is 2.38. The number of carbonyl (C=O) groups excluding carboxylic acids is 1. The predicted octanol–water partition coefficient (Wildman–Crippen LogP) is 4.45. The lowest BCUT2D eigenvalue weighted by molar-refractivity contribution is -0.142. The highest BCUT2D eigenvalue weighted by Crippen LogP contribution is 2.16. The number of aromatic nitrogens is 2. The Morgan fingerprint density at radius 2 is 1.90 bits per heavy atom. The molecule has 0 N–H and O–H groups in total. The Bertz CT molecular complexity index is 565. The first kappa shape index (κ1) is 19.4. The summed E-state index contributed by atoms with van der Waals surface area (Å²) >= 11 is 5.95. The number of pyridine rings is 1. The van der Waals surface area contributed by atoms with Gasteiger partial charge in [0.05, 0.1) is 23.7 Å². The second-order valence-corrected chi connectivity index (χ2v) is 4.22. The quantitative estimate of drug-likeness (QED) is 0.786. The molecule has 118 valence electrons. The number of fused-ring (bicyclic) bond motifs is 1. The number of imidazole rings is 1. The van der Waals surface area contributed by atoms with Gasteiger partial charge in [-0.3, -0.25) is 4.79 Å². The fourth-order valence-corrected chi connectivity index (χ4v) is 1.99. The summed E-state index contributed by atoms with van der Waals surface area (Å²) in [6.45, 7) is 12.1. The van der Waals surface area contributed by atoms with Crippen molar-refractivity contribution in [2.24, 2.45) is 0 Å². The fourth-order valence-electron chi connectivity index (χ4n) is 1.72. The van der Waals surface area contributed by atoms with E-state index in [0.717, 1.165) is 11.2 Å². The molecule has 0 atom stereocenters. The minimum atomic E-state index is -0.264. The topological polar surface area (TPSA) is 43.6 Å². The van der Waals surface area contributed by atoms with Crippen LogP contribution in [0.4, 0.5) is 0 Å². The van der Waals surface area contributed by atoms with Crippen molar-refractivity contribution >= 4 is 23.2 Å². The van der Waals surface area contributed by atoms with E-state index < -0.39 is 0 Å². The van der Waals surface area contributed by atoms with E-state index in [2.05, 4.69) is 4.98 Å². The number of aryl methyl sites for hydroxylation is 1. The molecule has 0 saturated carbocycles. The summed E-state index contributed by atoms with van der Waals surface area (Å²) in [5.41, 5.74) is 2.48. The number of rotatable bonds is 3. The summed E-state index contributed by atoms with van der Waals surface area (Å²) in [5.74, 6) is -0.264. The molecule has 0 amide bonds. The van der Waals surface area contributed by atoms with Crippen LogP contribution in [0.15, 0.2) is 18.5 Å². The normalized spacial score (nSPS) is 9.29. The van der Waals surface area contributed by atoms with E-state index in [-0.39, 0.29) is 12.4 Å². The average Bonchev–Trinajstić information content (AvgIpc) is 2.86. The van der Waals surface area contributed by atoms with Gasteiger partial charge in [0.1, 0.15) is 5.65 Å². The van der Waals surface area contributed by atoms with Gasteiger partial charge in [0, 0.05) is 12.4 Å². The molecule has 0 saturated heterocycles. The summed E-state index contributed by atoms with van der Waals surface area (Å²) in [7, 11) is 0. The maximum Gasteiger partial charge on any atom is 0.311 e. The predicted molar refractivity (Wildman–Crippen MR) is 88.0 cm³/mol. The molecule has 0 aliphatic rings. The highest BCUT2D eigenvalue weighted by molar-refractivity contribution is 6.30. The monoisotopic (exact) mass is 312 g/mol. The highest BCUT2D eigenvalue weighted by atomic mass is 35.5. The van der Waals surface area contributed by atoms with Crippen LogP contribution in [0.2, 0.25) is 5.02 Å². The Morgan fingerprint density at radius 3 is 2.48 bits per heavy atom. The zero-order valence-corrected chi connectivity index (χ0v) is 14.5. The number of nitrogens with zero attached hydrogens (tertiary/aromatic N) is 2. The Morgan fingerprint density at radius 1 is 1.29 bits per heavy atom. The van der Waals surface area contributed by atoms with Crippen LogP contribution in [-0.2, 0) is 16.0 Å². The summed E-state index contributed by atoms with van der Waals surface area (Å²) in [5, 5.41) is 0.648. The van der Waals surface area contributed by atoms with Crippen molar-refractivity contribution < 1.29 is 9.53 Å². The van der Waals surface area contributed by atoms with Crippen LogP contribution < -0.4 is 0 Å². The summed E-state index contributed by atoms with van der Waals surface area (Å²) < 4.78 is 6.71. The van der Waals surface area contributed by atoms with E-state index in [1.807, 2.05) is 45.1 Å². The molecule has 0 aromatic carbocycles. The van der Waals surface area contributed by atoms with Crippen molar-refractivity contribution in [3.8, 4) is 0 Å². The molecule has 0 aliphatic carbocycles. The van der Waals surface area contributed by atoms with Gasteiger partial charge in [-0.25, -0.2) is 4.98 Å². The molecule has 2 heterocycles. The molecule has 0 radical (unpaired) electrons. The van der Waals surface area contributed by atoms with Crippen LogP contribution in [-0.4, -0.2) is 22.0 Å². The summed E-state index contributed by atoms with van der Waals surface area (Å²) in [6, 6.07) is 1.85. The number of ether oxygens (including phenoxy) is 1. The molecule has 0 fully saturated rings. The number of esters is 1. The van der Waals surface area contributed by atoms with Crippen molar-refractivity contribution in [3.05, 3.63) is 34.7 Å². The number of halogens is 1. The van der Waals surface area contributed by atoms with Gasteiger partial charge in [-0.15, -0.1) is 0 Å². The first-order chi connectivity index (χ1) is 10.1. The second-order valence-electron chi connectivity index (χ2n) is 3.79. The van der Waals surface area contributed by atoms with E-state index >= 15 is 0 Å². The molecule has 0 spiro atoms. The Labute approximate surface area is 132 Å². The van der Waals surface area contributed by atoms with Gasteiger partial charge in [-0.1, -0.05) is 39.3 Å². The van der Waals surface area contributed by atoms with Crippen LogP contribution in [0.5, 0.6) is 0 Å². The van der Waals surface area contributed by atoms with Gasteiger partial charge in [0.2, 0.25) is 0 Å². The van der Waals surface area contributed by atoms with E-state index in [1.54, 1.807) is 19.3 Å². The van der Waals surface area contributed by atoms with Gasteiger partial charge >= 0.3 is 5.97 Å². The van der Waals surface area contributed by atoms with Crippen molar-refractivity contribution in [3.63, 3.8) is 0 Å². The first-order valence-electron chi connectivity index (χ1n) is 7.39. The van der Waals surface area contributed by atoms with Gasteiger partial charge in [0.25, 0.3) is 0 Å². The highest BCUT2D eigenvalue weighted by Gasteiger charge is 2.09. The molecule has 0 aliphatic heterocycles. The Balaban J connectivity index is 0.000000921. The Hall–Kier alpha value is -1.55. The zero-order valence-electron chi connectivity index (χ0n) is 13.7. The standard InChI is InChI=1S/C12H13ClN2O2.2C2H6/c1-3-17-11(16)5-10-7-15-6-9(13)4-8(2)12(15)14-10;2*1-2/h4,6-7H,3,5H2,1-2H3;2*1-2H3. The van der Waals surface area contributed by atoms with Crippen molar-refractivity contribution in [2.45, 2.75) is 48.0 Å². The molecule has 4 nitrogen and oxygen atoms in total. The van der Waals surface area contributed by atoms with Crippen LogP contribution >= 0.6 is 11.6 Å². The molecule has 2 rings (SSSR count). The van der Waals surface area contributed by atoms with Crippen LogP contribution in [0.1, 0.15) is 45.9 Å². The van der Waals surface area contributed by atoms with E-state index in [9.17, 15) is 4.79 Å². The van der Waals surface area contributed by atoms with E-state index in [0.29, 0.717) is 17.3 Å². The molecular weight excluding hydrogens is 288 g/mol. The van der Waals surface area contributed by atoms with Crippen molar-refractivity contribution in [1.29, 1.82) is 0 Å². The lowest BCUT2D eigenvalue weighted by Crippen LogP contribution is -2.07. The van der Waals surface area contributed by atoms with Crippen LogP contribution in [0.3, 0.4) is 0 Å². The summed E-state index contributed by atoms with van der Waals surface area (Å²) in [4.78, 5) is 15.7. The molecule has 2 aromatic heterocycles. The molecule has 0 bridgehead atoms. The molecule has 5 heteroatoms. The third kappa shape index (κ3) is 5.76. The number of hydrogen-bond donors (Lipinski definition) is 0. The fraction of sp³-hybridized carbons (Fsp3) is 0.500. The summed E-state index contributed by atoms with van der Waals surface area (Å²) in [6.07, 6.45) is 3.75. The van der Waals surface area contributed by atoms with Crippen LogP contribution in [0.25, 0.3) is 5.65 Å². The minimum Gasteiger partial charge on any atom is -0.466 e. The molecular formula is C16H25ClN2O2. The maximum atomic E-state index is 11.3. The van der Waals surface area contributed by atoms with Gasteiger partial charge in [-0.2, -0.15) is 0 Å². The SMILES string of the molecule is CC.CC.CCOC(=O)Cc1cn2cc(Cl)cc(C)c2n1. The lowest BCUT2D eigenvalue weighted by atomic mass is 10.3.